The highest BCUT2D eigenvalue weighted by molar-refractivity contribution is 6.36. The van der Waals surface area contributed by atoms with E-state index in [2.05, 4.69) is 5.32 Å². The second-order valence-corrected chi connectivity index (χ2v) is 5.35. The van der Waals surface area contributed by atoms with E-state index in [0.29, 0.717) is 24.4 Å². The second-order valence-electron chi connectivity index (χ2n) is 5.35. The fraction of sp³-hybridized carbons (Fsp3) is 0.111. The Kier molecular flexibility index (Phi) is 2.82. The first-order chi connectivity index (χ1) is 10.8. The lowest BCUT2D eigenvalue weighted by atomic mass is 9.98. The van der Waals surface area contributed by atoms with Gasteiger partial charge in [-0.1, -0.05) is 36.4 Å². The summed E-state index contributed by atoms with van der Waals surface area (Å²) in [5, 5.41) is 2.86. The van der Waals surface area contributed by atoms with Crippen molar-refractivity contribution < 1.29 is 14.3 Å². The van der Waals surface area contributed by atoms with Crippen molar-refractivity contribution in [3.8, 4) is 0 Å². The highest BCUT2D eigenvalue weighted by Gasteiger charge is 2.32. The minimum atomic E-state index is -0.138. The third kappa shape index (κ3) is 1.84. The smallest absolute Gasteiger partial charge is 0.260 e. The van der Waals surface area contributed by atoms with Gasteiger partial charge in [0.25, 0.3) is 5.91 Å². The molecule has 2 aliphatic rings. The van der Waals surface area contributed by atoms with Gasteiger partial charge in [-0.05, 0) is 11.6 Å². The summed E-state index contributed by atoms with van der Waals surface area (Å²) in [4.78, 5) is 22.9. The van der Waals surface area contributed by atoms with Gasteiger partial charge in [-0.25, -0.2) is 0 Å². The number of anilines is 1. The third-order valence-electron chi connectivity index (χ3n) is 4.00. The Morgan fingerprint density at radius 2 is 2.00 bits per heavy atom. The summed E-state index contributed by atoms with van der Waals surface area (Å²) in [7, 11) is 0. The van der Waals surface area contributed by atoms with Crippen molar-refractivity contribution in [2.24, 2.45) is 0 Å². The molecule has 0 unspecified atom stereocenters. The van der Waals surface area contributed by atoms with Gasteiger partial charge in [-0.3, -0.25) is 4.79 Å². The largest absolute Gasteiger partial charge is 0.487 e. The van der Waals surface area contributed by atoms with Crippen molar-refractivity contribution >= 4 is 29.2 Å². The van der Waals surface area contributed by atoms with Gasteiger partial charge >= 0.3 is 0 Å². The number of para-hydroxylation sites is 1. The normalized spacial score (nSPS) is 18.5. The molecule has 0 aromatic heterocycles. The Hall–Kier alpha value is -2.88. The summed E-state index contributed by atoms with van der Waals surface area (Å²) in [6.45, 7) is 0.427. The average Bonchev–Trinajstić information content (AvgIpc) is 3.07. The summed E-state index contributed by atoms with van der Waals surface area (Å²) in [5.41, 5.74) is 5.16. The maximum absolute atomic E-state index is 12.3. The van der Waals surface area contributed by atoms with Gasteiger partial charge in [0.2, 0.25) is 0 Å². The molecule has 1 N–H and O–H groups in total. The van der Waals surface area contributed by atoms with Crippen molar-refractivity contribution in [3.63, 3.8) is 0 Å². The van der Waals surface area contributed by atoms with E-state index < -0.39 is 0 Å². The van der Waals surface area contributed by atoms with Crippen LogP contribution in [0.5, 0.6) is 0 Å². The molecular weight excluding hydrogens is 278 g/mol. The highest BCUT2D eigenvalue weighted by Crippen LogP contribution is 2.41. The van der Waals surface area contributed by atoms with Crippen LogP contribution in [0.1, 0.15) is 22.3 Å². The van der Waals surface area contributed by atoms with Crippen LogP contribution in [-0.2, 0) is 27.4 Å². The van der Waals surface area contributed by atoms with E-state index in [-0.39, 0.29) is 5.91 Å². The number of benzene rings is 2. The Labute approximate surface area is 127 Å². The zero-order valence-corrected chi connectivity index (χ0v) is 11.8. The third-order valence-corrected chi connectivity index (χ3v) is 4.00. The lowest BCUT2D eigenvalue weighted by Gasteiger charge is -2.05. The fourth-order valence-electron chi connectivity index (χ4n) is 2.99. The molecule has 0 saturated carbocycles. The van der Waals surface area contributed by atoms with Gasteiger partial charge in [-0.15, -0.1) is 0 Å². The van der Waals surface area contributed by atoms with Crippen LogP contribution < -0.4 is 5.32 Å². The number of carbonyl (C=O) groups excluding carboxylic acids is 2. The molecule has 22 heavy (non-hydrogen) atoms. The van der Waals surface area contributed by atoms with E-state index in [1.165, 1.54) is 0 Å². The summed E-state index contributed by atoms with van der Waals surface area (Å²) in [6.07, 6.45) is 1.28. The standard InChI is InChI=1S/C18H13NO3/c20-8-7-11-5-6-13-12(9-11)10-22-17(13)16-14-3-1-2-4-15(14)19-18(16)21/h1-6,8-9H,7,10H2,(H,19,21)/b17-16+. The number of nitrogens with one attached hydrogen (secondary N) is 1. The number of rotatable bonds is 2. The first-order valence-electron chi connectivity index (χ1n) is 7.11. The van der Waals surface area contributed by atoms with E-state index in [4.69, 9.17) is 4.74 Å². The number of hydrogen-bond donors (Lipinski definition) is 1. The molecule has 4 rings (SSSR count). The molecule has 2 aromatic carbocycles. The quantitative estimate of drug-likeness (QED) is 0.684. The van der Waals surface area contributed by atoms with E-state index >= 15 is 0 Å². The SMILES string of the molecule is O=CCc1ccc2c(c1)CO/C2=C1/C(=O)Nc2ccccc21. The number of amides is 1. The van der Waals surface area contributed by atoms with Crippen molar-refractivity contribution in [2.45, 2.75) is 13.0 Å². The monoisotopic (exact) mass is 291 g/mol. The highest BCUT2D eigenvalue weighted by atomic mass is 16.5. The minimum Gasteiger partial charge on any atom is -0.487 e. The zero-order valence-electron chi connectivity index (χ0n) is 11.8. The molecule has 2 aliphatic heterocycles. The van der Waals surface area contributed by atoms with E-state index in [1.54, 1.807) is 0 Å². The molecule has 4 nitrogen and oxygen atoms in total. The van der Waals surface area contributed by atoms with Crippen LogP contribution >= 0.6 is 0 Å². The van der Waals surface area contributed by atoms with Crippen LogP contribution in [0.15, 0.2) is 42.5 Å². The number of carbonyl (C=O) groups is 2. The van der Waals surface area contributed by atoms with Gasteiger partial charge in [0.05, 0.1) is 5.57 Å². The maximum atomic E-state index is 12.3. The lowest BCUT2D eigenvalue weighted by Crippen LogP contribution is -2.05. The molecule has 0 bridgehead atoms. The van der Waals surface area contributed by atoms with Crippen LogP contribution in [0.3, 0.4) is 0 Å². The summed E-state index contributed by atoms with van der Waals surface area (Å²) in [6, 6.07) is 13.4. The van der Waals surface area contributed by atoms with E-state index in [9.17, 15) is 9.59 Å². The Morgan fingerprint density at radius 3 is 2.86 bits per heavy atom. The molecule has 0 spiro atoms. The van der Waals surface area contributed by atoms with Crippen molar-refractivity contribution in [1.82, 2.24) is 0 Å². The van der Waals surface area contributed by atoms with E-state index in [0.717, 1.165) is 34.2 Å². The first kappa shape index (κ1) is 12.8. The predicted octanol–water partition coefficient (Wildman–Crippen LogP) is 2.78. The Morgan fingerprint density at radius 1 is 1.14 bits per heavy atom. The molecule has 0 aliphatic carbocycles. The summed E-state index contributed by atoms with van der Waals surface area (Å²) < 4.78 is 5.80. The van der Waals surface area contributed by atoms with Crippen molar-refractivity contribution in [3.05, 3.63) is 64.7 Å². The lowest BCUT2D eigenvalue weighted by molar-refractivity contribution is -0.111. The summed E-state index contributed by atoms with van der Waals surface area (Å²) in [5.74, 6) is 0.483. The van der Waals surface area contributed by atoms with Crippen LogP contribution in [0.4, 0.5) is 5.69 Å². The van der Waals surface area contributed by atoms with Gasteiger partial charge in [0.1, 0.15) is 18.7 Å². The number of fused-ring (bicyclic) bond motifs is 2. The van der Waals surface area contributed by atoms with Crippen LogP contribution in [0.25, 0.3) is 11.3 Å². The number of ether oxygens (including phenoxy) is 1. The zero-order chi connectivity index (χ0) is 15.1. The molecule has 2 aromatic rings. The molecule has 1 amide bonds. The summed E-state index contributed by atoms with van der Waals surface area (Å²) >= 11 is 0. The van der Waals surface area contributed by atoms with Gasteiger partial charge in [-0.2, -0.15) is 0 Å². The minimum absolute atomic E-state index is 0.138. The Bertz CT molecular complexity index is 836. The molecule has 2 heterocycles. The molecule has 0 fully saturated rings. The maximum Gasteiger partial charge on any atom is 0.260 e. The van der Waals surface area contributed by atoms with Gasteiger partial charge in [0, 0.05) is 28.8 Å². The average molecular weight is 291 g/mol. The van der Waals surface area contributed by atoms with Crippen LogP contribution in [0.2, 0.25) is 0 Å². The molecule has 108 valence electrons. The van der Waals surface area contributed by atoms with Crippen LogP contribution in [-0.4, -0.2) is 12.2 Å². The molecular formula is C18H13NO3. The second kappa shape index (κ2) is 4.84. The molecule has 0 radical (unpaired) electrons. The van der Waals surface area contributed by atoms with Crippen molar-refractivity contribution in [2.75, 3.05) is 5.32 Å². The number of hydrogen-bond acceptors (Lipinski definition) is 3. The topological polar surface area (TPSA) is 55.4 Å². The van der Waals surface area contributed by atoms with Gasteiger partial charge in [0.15, 0.2) is 0 Å². The fourth-order valence-corrected chi connectivity index (χ4v) is 2.99. The number of aldehydes is 1. The Balaban J connectivity index is 1.86. The first-order valence-corrected chi connectivity index (χ1v) is 7.11. The molecule has 0 atom stereocenters. The van der Waals surface area contributed by atoms with Crippen molar-refractivity contribution in [1.29, 1.82) is 0 Å². The predicted molar refractivity (Wildman–Crippen MR) is 82.9 cm³/mol. The van der Waals surface area contributed by atoms with E-state index in [1.807, 2.05) is 42.5 Å². The van der Waals surface area contributed by atoms with Gasteiger partial charge < -0.3 is 14.8 Å². The molecule has 0 saturated heterocycles. The molecule has 4 heteroatoms. The van der Waals surface area contributed by atoms with Crippen LogP contribution in [0, 0.1) is 0 Å².